The van der Waals surface area contributed by atoms with Gasteiger partial charge >= 0.3 is 19.8 Å². The van der Waals surface area contributed by atoms with Crippen molar-refractivity contribution >= 4 is 19.8 Å². The zero-order valence-electron chi connectivity index (χ0n) is 37.4. The predicted octanol–water partition coefficient (Wildman–Crippen LogP) is 9.17. The third kappa shape index (κ3) is 29.7. The van der Waals surface area contributed by atoms with Crippen LogP contribution in [0.5, 0.6) is 0 Å². The van der Waals surface area contributed by atoms with E-state index in [0.29, 0.717) is 19.3 Å². The van der Waals surface area contributed by atoms with Crippen LogP contribution in [0.4, 0.5) is 0 Å². The summed E-state index contributed by atoms with van der Waals surface area (Å²) < 4.78 is 33.5. The molecule has 8 atom stereocenters. The lowest BCUT2D eigenvalue weighted by Gasteiger charge is -2.41. The Morgan fingerprint density at radius 3 is 1.41 bits per heavy atom. The quantitative estimate of drug-likeness (QED) is 0.0148. The van der Waals surface area contributed by atoms with Crippen LogP contribution in [-0.2, 0) is 32.7 Å². The number of ether oxygens (including phenoxy) is 2. The average Bonchev–Trinajstić information content (AvgIpc) is 3.24. The second-order valence-corrected chi connectivity index (χ2v) is 17.7. The molecule has 0 aromatic carbocycles. The number of unbranched alkanes of at least 4 members (excludes halogenated alkanes) is 18. The highest BCUT2D eigenvalue weighted by atomic mass is 31.2. The summed E-state index contributed by atoms with van der Waals surface area (Å²) in [5.74, 6) is -1.17. The number of aliphatic hydroxyl groups excluding tert-OH is 5. The Morgan fingerprint density at radius 2 is 0.902 bits per heavy atom. The maximum atomic E-state index is 12.8. The van der Waals surface area contributed by atoms with Crippen molar-refractivity contribution in [3.05, 3.63) is 48.6 Å². The second kappa shape index (κ2) is 37.2. The van der Waals surface area contributed by atoms with Crippen LogP contribution in [0.2, 0.25) is 0 Å². The molecule has 6 unspecified atom stereocenters. The number of phosphoric ester groups is 1. The summed E-state index contributed by atoms with van der Waals surface area (Å²) in [5, 5.41) is 50.1. The van der Waals surface area contributed by atoms with Gasteiger partial charge in [0.15, 0.2) is 6.10 Å². The molecule has 0 heterocycles. The Labute approximate surface area is 367 Å². The number of hydrogen-bond donors (Lipinski definition) is 6. The number of carbonyl (C=O) groups excluding carboxylic acids is 2. The number of allylic oxidation sites excluding steroid dienone is 8. The van der Waals surface area contributed by atoms with E-state index in [-0.39, 0.29) is 12.8 Å². The maximum Gasteiger partial charge on any atom is 0.472 e. The third-order valence-electron chi connectivity index (χ3n) is 10.6. The molecule has 354 valence electrons. The highest BCUT2D eigenvalue weighted by Crippen LogP contribution is 2.47. The molecule has 0 aromatic rings. The molecule has 1 aliphatic rings. The Kier molecular flexibility index (Phi) is 34.7. The molecule has 0 saturated heterocycles. The van der Waals surface area contributed by atoms with Gasteiger partial charge in [-0.25, -0.2) is 4.57 Å². The van der Waals surface area contributed by atoms with E-state index < -0.39 is 75.7 Å². The lowest BCUT2D eigenvalue weighted by atomic mass is 9.85. The van der Waals surface area contributed by atoms with Gasteiger partial charge in [0.05, 0.1) is 6.61 Å². The van der Waals surface area contributed by atoms with Gasteiger partial charge in [-0.2, -0.15) is 0 Å². The number of phosphoric acid groups is 1. The topological polar surface area (TPSA) is 210 Å². The van der Waals surface area contributed by atoms with Gasteiger partial charge in [-0.15, -0.1) is 0 Å². The summed E-state index contributed by atoms with van der Waals surface area (Å²) in [6.45, 7) is 3.24. The molecule has 1 aliphatic carbocycles. The van der Waals surface area contributed by atoms with Gasteiger partial charge in [-0.05, 0) is 70.6 Å². The number of rotatable bonds is 38. The van der Waals surface area contributed by atoms with Gasteiger partial charge in [0.2, 0.25) is 0 Å². The van der Waals surface area contributed by atoms with Crippen LogP contribution in [0.1, 0.15) is 181 Å². The van der Waals surface area contributed by atoms with Gasteiger partial charge in [0.1, 0.15) is 43.2 Å². The molecular formula is C47H83O13P. The van der Waals surface area contributed by atoms with E-state index in [0.717, 1.165) is 57.8 Å². The fraction of sp³-hybridized carbons (Fsp3) is 0.787. The summed E-state index contributed by atoms with van der Waals surface area (Å²) in [4.78, 5) is 35.7. The first-order valence-corrected chi connectivity index (χ1v) is 24.9. The summed E-state index contributed by atoms with van der Waals surface area (Å²) in [6, 6.07) is 0. The molecule has 0 radical (unpaired) electrons. The van der Waals surface area contributed by atoms with Crippen LogP contribution in [0.15, 0.2) is 48.6 Å². The zero-order chi connectivity index (χ0) is 45.0. The third-order valence-corrected chi connectivity index (χ3v) is 11.6. The summed E-state index contributed by atoms with van der Waals surface area (Å²) in [7, 11) is -5.13. The Morgan fingerprint density at radius 1 is 0.508 bits per heavy atom. The molecule has 1 rings (SSSR count). The lowest BCUT2D eigenvalue weighted by Crippen LogP contribution is -2.64. The van der Waals surface area contributed by atoms with Crippen molar-refractivity contribution in [3.8, 4) is 0 Å². The molecular weight excluding hydrogens is 803 g/mol. The first-order chi connectivity index (χ1) is 29.4. The highest BCUT2D eigenvalue weighted by Gasteiger charge is 2.51. The van der Waals surface area contributed by atoms with Crippen LogP contribution in [0.25, 0.3) is 0 Å². The van der Waals surface area contributed by atoms with Gasteiger partial charge in [0, 0.05) is 12.8 Å². The fourth-order valence-corrected chi connectivity index (χ4v) is 7.80. The first-order valence-electron chi connectivity index (χ1n) is 23.4. The van der Waals surface area contributed by atoms with Crippen molar-refractivity contribution in [2.24, 2.45) is 0 Å². The smallest absolute Gasteiger partial charge is 0.462 e. The zero-order valence-corrected chi connectivity index (χ0v) is 38.3. The van der Waals surface area contributed by atoms with Crippen molar-refractivity contribution in [1.29, 1.82) is 0 Å². The van der Waals surface area contributed by atoms with Gasteiger partial charge in [-0.3, -0.25) is 18.6 Å². The number of esters is 2. The number of aliphatic hydroxyl groups is 5. The first kappa shape index (κ1) is 56.8. The molecule has 1 saturated carbocycles. The highest BCUT2D eigenvalue weighted by molar-refractivity contribution is 7.47. The molecule has 0 spiro atoms. The lowest BCUT2D eigenvalue weighted by molar-refractivity contribution is -0.220. The largest absolute Gasteiger partial charge is 0.472 e. The minimum Gasteiger partial charge on any atom is -0.462 e. The molecule has 0 bridgehead atoms. The fourth-order valence-electron chi connectivity index (χ4n) is 6.83. The SMILES string of the molecule is CCCCCCCCC=CCC=CCC=CCCCC(=O)O[C@H](COC(=O)CCCCCCCC=CCCCCCCCC)COP(=O)(O)OC1C(O)C(O)C(O)[C@@H](O)C1O. The van der Waals surface area contributed by atoms with E-state index in [1.807, 2.05) is 12.2 Å². The van der Waals surface area contributed by atoms with Crippen LogP contribution < -0.4 is 0 Å². The molecule has 1 fully saturated rings. The van der Waals surface area contributed by atoms with E-state index in [1.165, 1.54) is 77.0 Å². The Bertz CT molecular complexity index is 1250. The van der Waals surface area contributed by atoms with E-state index in [9.17, 15) is 44.6 Å². The Balaban J connectivity index is 2.51. The van der Waals surface area contributed by atoms with Crippen molar-refractivity contribution < 1.29 is 63.1 Å². The van der Waals surface area contributed by atoms with Gasteiger partial charge in [-0.1, -0.05) is 146 Å². The van der Waals surface area contributed by atoms with Gasteiger partial charge < -0.3 is 39.9 Å². The summed E-state index contributed by atoms with van der Waals surface area (Å²) >= 11 is 0. The summed E-state index contributed by atoms with van der Waals surface area (Å²) in [6.07, 6.45) is 30.3. The molecule has 0 aromatic heterocycles. The van der Waals surface area contributed by atoms with Crippen LogP contribution >= 0.6 is 7.82 Å². The second-order valence-electron chi connectivity index (χ2n) is 16.3. The molecule has 61 heavy (non-hydrogen) atoms. The van der Waals surface area contributed by atoms with E-state index in [2.05, 4.69) is 50.3 Å². The number of hydrogen-bond acceptors (Lipinski definition) is 12. The van der Waals surface area contributed by atoms with Crippen molar-refractivity contribution in [2.75, 3.05) is 13.2 Å². The normalized spacial score (nSPS) is 22.4. The molecule has 14 heteroatoms. The minimum absolute atomic E-state index is 0.0226. The molecule has 13 nitrogen and oxygen atoms in total. The van der Waals surface area contributed by atoms with E-state index in [1.54, 1.807) is 0 Å². The van der Waals surface area contributed by atoms with Gasteiger partial charge in [0.25, 0.3) is 0 Å². The Hall–Kier alpha value is -2.19. The van der Waals surface area contributed by atoms with Crippen LogP contribution in [0.3, 0.4) is 0 Å². The van der Waals surface area contributed by atoms with Crippen molar-refractivity contribution in [1.82, 2.24) is 0 Å². The van der Waals surface area contributed by atoms with Crippen LogP contribution in [0, 0.1) is 0 Å². The summed E-state index contributed by atoms with van der Waals surface area (Å²) in [5.41, 5.74) is 0. The maximum absolute atomic E-state index is 12.8. The standard InChI is InChI=1S/C47H83O13P/c1-3-5-7-9-11-13-15-17-19-20-22-24-26-28-30-32-34-36-41(49)59-39(38-58-61(55,56)60-47-45(53)43(51)42(50)44(52)46(47)54)37-57-40(48)35-33-31-29-27-25-23-21-18-16-14-12-10-8-6-4-2/h17-19,21-22,24,28,30,39,42-47,50-54H,3-16,20,23,25-27,29,31-38H2,1-2H3,(H,55,56)/t39-,42?,43-,44?,45?,46?,47?/m1/s1. The molecule has 0 aliphatic heterocycles. The molecule has 0 amide bonds. The predicted molar refractivity (Wildman–Crippen MR) is 239 cm³/mol. The number of carbonyl (C=O) groups is 2. The average molecular weight is 887 g/mol. The van der Waals surface area contributed by atoms with E-state index >= 15 is 0 Å². The van der Waals surface area contributed by atoms with Crippen molar-refractivity contribution in [3.63, 3.8) is 0 Å². The van der Waals surface area contributed by atoms with Crippen LogP contribution in [-0.4, -0.2) is 98.3 Å². The van der Waals surface area contributed by atoms with E-state index in [4.69, 9.17) is 18.5 Å². The molecule has 6 N–H and O–H groups in total. The van der Waals surface area contributed by atoms with Crippen molar-refractivity contribution in [2.45, 2.75) is 224 Å². The minimum atomic E-state index is -5.13. The monoisotopic (exact) mass is 887 g/mol.